The molecule has 6 rings (SSSR count). The van der Waals surface area contributed by atoms with Gasteiger partial charge in [-0.15, -0.1) is 0 Å². The molecule has 2 saturated heterocycles. The van der Waals surface area contributed by atoms with Crippen LogP contribution in [-0.2, 0) is 20.8 Å². The van der Waals surface area contributed by atoms with Gasteiger partial charge in [-0.25, -0.2) is 14.6 Å². The number of allylic oxidation sites excluding steroid dienone is 5. The molecular formula is C44H55N9O5. The molecule has 14 heteroatoms. The number of epoxide rings is 1. The highest BCUT2D eigenvalue weighted by Crippen LogP contribution is 2.30. The minimum atomic E-state index is -0.894. The van der Waals surface area contributed by atoms with Crippen LogP contribution in [0.5, 0.6) is 5.88 Å². The van der Waals surface area contributed by atoms with Crippen molar-refractivity contribution in [2.75, 3.05) is 50.9 Å². The monoisotopic (exact) mass is 789 g/mol. The minimum Gasteiger partial charge on any atom is -0.475 e. The molecule has 58 heavy (non-hydrogen) atoms. The van der Waals surface area contributed by atoms with Crippen molar-refractivity contribution in [3.05, 3.63) is 102 Å². The number of aromatic nitrogens is 4. The number of nitrogen functional groups attached to an aromatic ring is 1. The van der Waals surface area contributed by atoms with E-state index in [9.17, 15) is 9.90 Å². The second-order valence-electron chi connectivity index (χ2n) is 15.8. The van der Waals surface area contributed by atoms with E-state index in [2.05, 4.69) is 55.9 Å². The second kappa shape index (κ2) is 17.9. The first kappa shape index (κ1) is 42.0. The molecule has 3 aliphatic rings. The fourth-order valence-electron chi connectivity index (χ4n) is 6.89. The predicted molar refractivity (Wildman–Crippen MR) is 225 cm³/mol. The van der Waals surface area contributed by atoms with Crippen LogP contribution >= 0.6 is 0 Å². The number of carbonyl (C=O) groups is 1. The number of likely N-dealkylation sites (tertiary alicyclic amines) is 1. The molecule has 2 aromatic heterocycles. The molecule has 0 bridgehead atoms. The fraction of sp³-hybridized carbons (Fsp3) is 0.432. The molecule has 1 amide bonds. The number of hydrogen-bond acceptors (Lipinski definition) is 12. The average molecular weight is 790 g/mol. The fourth-order valence-corrected chi connectivity index (χ4v) is 6.89. The van der Waals surface area contributed by atoms with Crippen molar-refractivity contribution in [3.63, 3.8) is 0 Å². The average Bonchev–Trinajstić information content (AvgIpc) is 3.54. The van der Waals surface area contributed by atoms with Crippen LogP contribution in [0.25, 0.3) is 5.57 Å². The van der Waals surface area contributed by atoms with Gasteiger partial charge in [0, 0.05) is 80.0 Å². The summed E-state index contributed by atoms with van der Waals surface area (Å²) in [7, 11) is 1.66. The van der Waals surface area contributed by atoms with E-state index in [1.54, 1.807) is 56.4 Å². The maximum Gasteiger partial charge on any atom is 0.237 e. The summed E-state index contributed by atoms with van der Waals surface area (Å²) in [5.74, 6) is 7.65. The zero-order valence-electron chi connectivity index (χ0n) is 34.3. The number of carbonyl (C=O) groups excluding carboxylic acids is 1. The standard InChI is InChI=1S/C44H55N9O5/c1-8-31(10-9-30(4)41-48-28-53(50-41)26-43(5,6)55)32-16-20-52(21-17-32)39(54)25-51-22-19-44(27-51,56-7)18-15-37-42(58-37)49-34-12-13-36(45)35(23-34)40(46)33-11-14-38(47-24-33)57-29(2)3/h8-14,16,23-24,28-29,37,42,46,49,55H,4,17,19-22,25-27,45H2,1-3,5-7H3/b10-9-,31-8+,46-40?/t37-,42?,44?/m1/s1. The quantitative estimate of drug-likeness (QED) is 0.0545. The Kier molecular flexibility index (Phi) is 13.0. The lowest BCUT2D eigenvalue weighted by Crippen LogP contribution is -2.43. The molecule has 3 atom stereocenters. The molecule has 3 aliphatic heterocycles. The van der Waals surface area contributed by atoms with Crippen molar-refractivity contribution in [3.8, 4) is 17.7 Å². The Bertz CT molecular complexity index is 2150. The van der Waals surface area contributed by atoms with E-state index in [0.717, 1.165) is 17.7 Å². The molecule has 3 aromatic rings. The summed E-state index contributed by atoms with van der Waals surface area (Å²) in [5, 5.41) is 26.6. The number of nitrogens with two attached hydrogens (primary N) is 1. The van der Waals surface area contributed by atoms with E-state index in [1.807, 2.05) is 50.0 Å². The van der Waals surface area contributed by atoms with Crippen molar-refractivity contribution < 1.29 is 24.1 Å². The van der Waals surface area contributed by atoms with Gasteiger partial charge in [-0.05, 0) is 76.5 Å². The van der Waals surface area contributed by atoms with Crippen LogP contribution in [0.2, 0.25) is 0 Å². The van der Waals surface area contributed by atoms with Crippen LogP contribution in [0, 0.1) is 17.3 Å². The Morgan fingerprint density at radius 2 is 2.05 bits per heavy atom. The predicted octanol–water partition coefficient (Wildman–Crippen LogP) is 4.84. The van der Waals surface area contributed by atoms with E-state index in [4.69, 9.17) is 25.4 Å². The summed E-state index contributed by atoms with van der Waals surface area (Å²) in [5.41, 5.74) is 10.3. The van der Waals surface area contributed by atoms with E-state index in [-0.39, 0.29) is 30.1 Å². The van der Waals surface area contributed by atoms with Crippen molar-refractivity contribution >= 4 is 28.6 Å². The van der Waals surface area contributed by atoms with Crippen LogP contribution in [0.3, 0.4) is 0 Å². The molecule has 0 saturated carbocycles. The normalized spacial score (nSPS) is 21.1. The molecule has 1 aromatic carbocycles. The maximum atomic E-state index is 13.4. The Labute approximate surface area is 341 Å². The smallest absolute Gasteiger partial charge is 0.237 e. The van der Waals surface area contributed by atoms with Gasteiger partial charge < -0.3 is 35.3 Å². The molecule has 0 aliphatic carbocycles. The number of anilines is 2. The van der Waals surface area contributed by atoms with Crippen LogP contribution in [0.1, 0.15) is 64.4 Å². The number of amides is 1. The lowest BCUT2D eigenvalue weighted by molar-refractivity contribution is -0.132. The third-order valence-corrected chi connectivity index (χ3v) is 10.1. The van der Waals surface area contributed by atoms with Crippen LogP contribution < -0.4 is 15.8 Å². The topological polar surface area (TPSA) is 180 Å². The number of nitrogens with zero attached hydrogens (tertiary/aromatic N) is 6. The molecule has 0 radical (unpaired) electrons. The number of nitrogens with one attached hydrogen (secondary N) is 2. The van der Waals surface area contributed by atoms with E-state index >= 15 is 0 Å². The van der Waals surface area contributed by atoms with Gasteiger partial charge >= 0.3 is 0 Å². The second-order valence-corrected chi connectivity index (χ2v) is 15.8. The SMILES string of the molecule is C=C(/C=C\C(=C/C)C1=CCN(C(=O)CN2CCC(C#C[C@H]3OC3Nc3ccc(N)c(C(=N)c4ccc(OC(C)C)nc4)c3)(OC)C2)CC1)c1ncn(CC(C)(C)O)n1. The Morgan fingerprint density at radius 1 is 1.24 bits per heavy atom. The molecule has 14 nitrogen and oxygen atoms in total. The van der Waals surface area contributed by atoms with Crippen LogP contribution in [0.15, 0.2) is 84.9 Å². The zero-order valence-corrected chi connectivity index (χ0v) is 34.3. The van der Waals surface area contributed by atoms with Crippen LogP contribution in [-0.4, -0.2) is 116 Å². The molecule has 0 spiro atoms. The van der Waals surface area contributed by atoms with Crippen molar-refractivity contribution in [2.45, 2.75) is 83.6 Å². The van der Waals surface area contributed by atoms with E-state index < -0.39 is 11.2 Å². The largest absolute Gasteiger partial charge is 0.475 e. The number of aliphatic hydroxyl groups is 1. The first-order valence-corrected chi connectivity index (χ1v) is 19.6. The van der Waals surface area contributed by atoms with Gasteiger partial charge in [-0.1, -0.05) is 42.7 Å². The van der Waals surface area contributed by atoms with Crippen molar-refractivity contribution in [2.24, 2.45) is 0 Å². The third-order valence-electron chi connectivity index (χ3n) is 10.1. The molecule has 5 heterocycles. The lowest BCUT2D eigenvalue weighted by atomic mass is 9.98. The Hall–Kier alpha value is -5.59. The molecule has 2 fully saturated rings. The summed E-state index contributed by atoms with van der Waals surface area (Å²) in [6.07, 6.45) is 12.1. The number of benzene rings is 1. The lowest BCUT2D eigenvalue weighted by Gasteiger charge is -2.29. The first-order chi connectivity index (χ1) is 27.6. The zero-order chi connectivity index (χ0) is 41.6. The first-order valence-electron chi connectivity index (χ1n) is 19.6. The number of hydrogen-bond donors (Lipinski definition) is 4. The minimum absolute atomic E-state index is 0.00649. The summed E-state index contributed by atoms with van der Waals surface area (Å²) >= 11 is 0. The highest BCUT2D eigenvalue weighted by Gasteiger charge is 2.41. The highest BCUT2D eigenvalue weighted by atomic mass is 16.6. The molecular weight excluding hydrogens is 735 g/mol. The van der Waals surface area contributed by atoms with E-state index in [1.165, 1.54) is 5.57 Å². The number of methoxy groups -OCH3 is 1. The summed E-state index contributed by atoms with van der Waals surface area (Å²) < 4.78 is 19.0. The number of pyridine rings is 1. The summed E-state index contributed by atoms with van der Waals surface area (Å²) in [4.78, 5) is 26.1. The van der Waals surface area contributed by atoms with Gasteiger partial charge in [0.2, 0.25) is 11.8 Å². The number of ether oxygens (including phenoxy) is 3. The van der Waals surface area contributed by atoms with Crippen LogP contribution in [0.4, 0.5) is 11.4 Å². The molecule has 306 valence electrons. The van der Waals surface area contributed by atoms with Gasteiger partial charge in [-0.3, -0.25) is 15.1 Å². The van der Waals surface area contributed by atoms with Gasteiger partial charge in [0.25, 0.3) is 0 Å². The third kappa shape index (κ3) is 10.9. The van der Waals surface area contributed by atoms with Gasteiger partial charge in [-0.2, -0.15) is 5.10 Å². The van der Waals surface area contributed by atoms with Gasteiger partial charge in [0.15, 0.2) is 18.2 Å². The highest BCUT2D eigenvalue weighted by molar-refractivity contribution is 6.14. The Balaban J connectivity index is 0.974. The molecule has 2 unspecified atom stereocenters. The summed E-state index contributed by atoms with van der Waals surface area (Å²) in [6, 6.07) is 9.00. The maximum absolute atomic E-state index is 13.4. The number of rotatable bonds is 15. The Morgan fingerprint density at radius 3 is 2.72 bits per heavy atom. The summed E-state index contributed by atoms with van der Waals surface area (Å²) in [6.45, 7) is 16.4. The van der Waals surface area contributed by atoms with Gasteiger partial charge in [0.05, 0.1) is 30.5 Å². The van der Waals surface area contributed by atoms with Crippen molar-refractivity contribution in [1.82, 2.24) is 29.5 Å². The van der Waals surface area contributed by atoms with Crippen molar-refractivity contribution in [1.29, 1.82) is 5.41 Å². The molecule has 5 N–H and O–H groups in total. The van der Waals surface area contributed by atoms with E-state index in [0.29, 0.717) is 79.8 Å². The van der Waals surface area contributed by atoms with Gasteiger partial charge in [0.1, 0.15) is 11.9 Å².